The summed E-state index contributed by atoms with van der Waals surface area (Å²) >= 11 is 0. The largest absolute Gasteiger partial charge is 0.496 e. The van der Waals surface area contributed by atoms with Gasteiger partial charge in [0.2, 0.25) is 0 Å². The third kappa shape index (κ3) is 3.28. The second-order valence-electron chi connectivity index (χ2n) is 8.18. The van der Waals surface area contributed by atoms with E-state index in [1.54, 1.807) is 7.11 Å². The van der Waals surface area contributed by atoms with Crippen molar-refractivity contribution in [2.45, 2.75) is 38.5 Å². The fourth-order valence-electron chi connectivity index (χ4n) is 3.54. The SMILES string of the molecule is COc1ccccc1[C@@H]1CNC(=O)c2nc(-c3cc(C(C)(C)C)[nH]n3)[nH]c2C1. The molecule has 3 N–H and O–H groups in total. The molecular formula is C21H25N5O2. The van der Waals surface area contributed by atoms with E-state index in [1.807, 2.05) is 30.3 Å². The molecule has 1 aromatic carbocycles. The number of fused-ring (bicyclic) bond motifs is 1. The summed E-state index contributed by atoms with van der Waals surface area (Å²) < 4.78 is 5.51. The maximum absolute atomic E-state index is 12.6. The number of rotatable bonds is 3. The van der Waals surface area contributed by atoms with Gasteiger partial charge in [0.15, 0.2) is 5.82 Å². The lowest BCUT2D eigenvalue weighted by molar-refractivity contribution is 0.0950. The quantitative estimate of drug-likeness (QED) is 0.651. The number of nitrogens with zero attached hydrogens (tertiary/aromatic N) is 2. The van der Waals surface area contributed by atoms with Crippen LogP contribution in [0, 0.1) is 0 Å². The molecule has 1 aliphatic heterocycles. The third-order valence-corrected chi connectivity index (χ3v) is 5.16. The van der Waals surface area contributed by atoms with Gasteiger partial charge >= 0.3 is 0 Å². The monoisotopic (exact) mass is 379 g/mol. The molecule has 1 aliphatic rings. The first-order valence-electron chi connectivity index (χ1n) is 9.43. The predicted molar refractivity (Wildman–Crippen MR) is 107 cm³/mol. The van der Waals surface area contributed by atoms with Crippen LogP contribution in [0.4, 0.5) is 0 Å². The van der Waals surface area contributed by atoms with E-state index < -0.39 is 0 Å². The number of imidazole rings is 1. The molecule has 0 unspecified atom stereocenters. The Morgan fingerprint density at radius 1 is 1.21 bits per heavy atom. The van der Waals surface area contributed by atoms with Gasteiger partial charge in [-0.2, -0.15) is 5.10 Å². The Morgan fingerprint density at radius 2 is 2.00 bits per heavy atom. The molecule has 2 aromatic heterocycles. The smallest absolute Gasteiger partial charge is 0.271 e. The van der Waals surface area contributed by atoms with E-state index in [2.05, 4.69) is 46.3 Å². The van der Waals surface area contributed by atoms with E-state index in [0.29, 0.717) is 30.2 Å². The Kier molecular flexibility index (Phi) is 4.45. The minimum atomic E-state index is -0.165. The summed E-state index contributed by atoms with van der Waals surface area (Å²) in [6.07, 6.45) is 0.665. The summed E-state index contributed by atoms with van der Waals surface area (Å²) in [6, 6.07) is 9.90. The molecule has 1 atom stereocenters. The van der Waals surface area contributed by atoms with Crippen LogP contribution < -0.4 is 10.1 Å². The predicted octanol–water partition coefficient (Wildman–Crippen LogP) is 3.18. The molecule has 7 nitrogen and oxygen atoms in total. The van der Waals surface area contributed by atoms with Crippen molar-refractivity contribution in [1.82, 2.24) is 25.5 Å². The lowest BCUT2D eigenvalue weighted by atomic mass is 9.92. The van der Waals surface area contributed by atoms with E-state index in [9.17, 15) is 4.79 Å². The van der Waals surface area contributed by atoms with Crippen molar-refractivity contribution < 1.29 is 9.53 Å². The van der Waals surface area contributed by atoms with Crippen molar-refractivity contribution >= 4 is 5.91 Å². The molecule has 0 fully saturated rings. The number of benzene rings is 1. The summed E-state index contributed by atoms with van der Waals surface area (Å²) in [5.41, 5.74) is 4.02. The van der Waals surface area contributed by atoms with Gasteiger partial charge in [0.1, 0.15) is 17.1 Å². The average molecular weight is 379 g/mol. The number of methoxy groups -OCH3 is 1. The molecular weight excluding hydrogens is 354 g/mol. The van der Waals surface area contributed by atoms with Crippen LogP contribution >= 0.6 is 0 Å². The molecule has 0 radical (unpaired) electrons. The van der Waals surface area contributed by atoms with Crippen LogP contribution in [0.5, 0.6) is 5.75 Å². The molecule has 3 aromatic rings. The lowest BCUT2D eigenvalue weighted by Crippen LogP contribution is -2.26. The van der Waals surface area contributed by atoms with Gasteiger partial charge < -0.3 is 15.0 Å². The topological polar surface area (TPSA) is 95.7 Å². The number of aromatic nitrogens is 4. The number of carbonyl (C=O) groups excluding carboxylic acids is 1. The van der Waals surface area contributed by atoms with Gasteiger partial charge in [-0.25, -0.2) is 4.98 Å². The van der Waals surface area contributed by atoms with Gasteiger partial charge in [-0.1, -0.05) is 39.0 Å². The fourth-order valence-corrected chi connectivity index (χ4v) is 3.54. The molecule has 7 heteroatoms. The van der Waals surface area contributed by atoms with Gasteiger partial charge in [0.25, 0.3) is 5.91 Å². The second-order valence-corrected chi connectivity index (χ2v) is 8.18. The molecule has 0 saturated carbocycles. The van der Waals surface area contributed by atoms with Gasteiger partial charge in [-0.05, 0) is 24.1 Å². The molecule has 0 bridgehead atoms. The maximum atomic E-state index is 12.6. The van der Waals surface area contributed by atoms with Crippen LogP contribution in [0.3, 0.4) is 0 Å². The molecule has 3 heterocycles. The van der Waals surface area contributed by atoms with E-state index in [-0.39, 0.29) is 17.2 Å². The minimum absolute atomic E-state index is 0.0404. The van der Waals surface area contributed by atoms with Gasteiger partial charge in [-0.3, -0.25) is 9.89 Å². The number of H-pyrrole nitrogens is 2. The Balaban J connectivity index is 1.69. The summed E-state index contributed by atoms with van der Waals surface area (Å²) in [4.78, 5) is 20.5. The Bertz CT molecular complexity index is 1010. The molecule has 1 amide bonds. The van der Waals surface area contributed by atoms with Crippen LogP contribution in [0.15, 0.2) is 30.3 Å². The highest BCUT2D eigenvalue weighted by molar-refractivity contribution is 5.94. The first kappa shape index (κ1) is 18.3. The van der Waals surface area contributed by atoms with Crippen LogP contribution in [0.25, 0.3) is 11.5 Å². The summed E-state index contributed by atoms with van der Waals surface area (Å²) in [6.45, 7) is 6.89. The van der Waals surface area contributed by atoms with E-state index in [4.69, 9.17) is 4.74 Å². The number of ether oxygens (including phenoxy) is 1. The highest BCUT2D eigenvalue weighted by atomic mass is 16.5. The summed E-state index contributed by atoms with van der Waals surface area (Å²) in [7, 11) is 1.66. The van der Waals surface area contributed by atoms with Gasteiger partial charge in [-0.15, -0.1) is 0 Å². The van der Waals surface area contributed by atoms with E-state index in [1.165, 1.54) is 0 Å². The normalized spacial score (nSPS) is 17.0. The van der Waals surface area contributed by atoms with Crippen LogP contribution in [-0.4, -0.2) is 39.7 Å². The van der Waals surface area contributed by atoms with Gasteiger partial charge in [0, 0.05) is 29.3 Å². The first-order valence-corrected chi connectivity index (χ1v) is 9.43. The Labute approximate surface area is 163 Å². The number of hydrogen-bond donors (Lipinski definition) is 3. The first-order chi connectivity index (χ1) is 13.4. The number of aromatic amines is 2. The number of amides is 1. The minimum Gasteiger partial charge on any atom is -0.496 e. The summed E-state index contributed by atoms with van der Waals surface area (Å²) in [5, 5.41) is 10.4. The van der Waals surface area contributed by atoms with Crippen molar-refractivity contribution in [3.05, 3.63) is 53.0 Å². The van der Waals surface area contributed by atoms with Crippen molar-refractivity contribution in [1.29, 1.82) is 0 Å². The highest BCUT2D eigenvalue weighted by Gasteiger charge is 2.28. The zero-order valence-electron chi connectivity index (χ0n) is 16.6. The van der Waals surface area contributed by atoms with Crippen molar-refractivity contribution in [2.24, 2.45) is 0 Å². The van der Waals surface area contributed by atoms with Gasteiger partial charge in [0.05, 0.1) is 7.11 Å². The molecule has 146 valence electrons. The Hall–Kier alpha value is -3.09. The summed E-state index contributed by atoms with van der Waals surface area (Å²) in [5.74, 6) is 1.36. The van der Waals surface area contributed by atoms with E-state index >= 15 is 0 Å². The zero-order chi connectivity index (χ0) is 19.9. The molecule has 0 spiro atoms. The number of nitrogens with one attached hydrogen (secondary N) is 3. The molecule has 0 saturated heterocycles. The molecule has 4 rings (SSSR count). The average Bonchev–Trinajstić information content (AvgIpc) is 3.29. The van der Waals surface area contributed by atoms with Crippen LogP contribution in [0.1, 0.15) is 54.1 Å². The second kappa shape index (κ2) is 6.82. The maximum Gasteiger partial charge on any atom is 0.271 e. The number of para-hydroxylation sites is 1. The molecule has 0 aliphatic carbocycles. The van der Waals surface area contributed by atoms with Crippen molar-refractivity contribution in [2.75, 3.05) is 13.7 Å². The van der Waals surface area contributed by atoms with E-state index in [0.717, 1.165) is 22.7 Å². The standard InChI is InChI=1S/C21H25N5O2/c1-21(2,3)17-10-15(25-26-17)19-23-14-9-12(11-22-20(27)18(14)24-19)13-7-5-6-8-16(13)28-4/h5-8,10,12H,9,11H2,1-4H3,(H,22,27)(H,23,24)(H,25,26)/t12-/m0/s1. The lowest BCUT2D eigenvalue weighted by Gasteiger charge is -2.17. The Morgan fingerprint density at radius 3 is 2.71 bits per heavy atom. The van der Waals surface area contributed by atoms with Crippen LogP contribution in [0.2, 0.25) is 0 Å². The fraction of sp³-hybridized carbons (Fsp3) is 0.381. The van der Waals surface area contributed by atoms with Crippen LogP contribution in [-0.2, 0) is 11.8 Å². The number of carbonyl (C=O) groups is 1. The zero-order valence-corrected chi connectivity index (χ0v) is 16.6. The van der Waals surface area contributed by atoms with Crippen molar-refractivity contribution in [3.8, 4) is 17.3 Å². The number of hydrogen-bond acceptors (Lipinski definition) is 4. The third-order valence-electron chi connectivity index (χ3n) is 5.16. The highest BCUT2D eigenvalue weighted by Crippen LogP contribution is 2.32. The van der Waals surface area contributed by atoms with Crippen molar-refractivity contribution in [3.63, 3.8) is 0 Å². The molecule has 28 heavy (non-hydrogen) atoms.